The predicted octanol–water partition coefficient (Wildman–Crippen LogP) is 3.97. The van der Waals surface area contributed by atoms with Crippen LogP contribution in [0, 0.1) is 17.8 Å². The highest BCUT2D eigenvalue weighted by Gasteiger charge is 2.50. The number of carbonyl (C=O) groups is 5. The Morgan fingerprint density at radius 3 is 2.35 bits per heavy atom. The smallest absolute Gasteiger partial charge is 0.338 e. The summed E-state index contributed by atoms with van der Waals surface area (Å²) in [5, 5.41) is 2.59. The molecule has 1 N–H and O–H groups in total. The van der Waals surface area contributed by atoms with Gasteiger partial charge in [0.05, 0.1) is 35.3 Å². The third-order valence-corrected chi connectivity index (χ3v) is 6.70. The molecule has 1 aliphatic carbocycles. The number of hydrogen-bond acceptors (Lipinski definition) is 7. The average Bonchev–Trinajstić information content (AvgIpc) is 3.15. The monoisotopic (exact) mass is 506 g/mol. The molecule has 2 fully saturated rings. The molecule has 1 saturated carbocycles. The van der Waals surface area contributed by atoms with Crippen LogP contribution >= 0.6 is 0 Å². The fraction of sp³-hybridized carbons (Fsp3) is 0.393. The number of benzene rings is 2. The van der Waals surface area contributed by atoms with Crippen molar-refractivity contribution in [1.29, 1.82) is 0 Å². The molecule has 1 aliphatic heterocycles. The molecule has 4 rings (SSSR count). The number of imide groups is 1. The molecule has 1 saturated heterocycles. The molecule has 3 amide bonds. The van der Waals surface area contributed by atoms with Gasteiger partial charge in [-0.1, -0.05) is 19.9 Å². The lowest BCUT2D eigenvalue weighted by molar-refractivity contribution is -0.122. The first kappa shape index (κ1) is 26.1. The van der Waals surface area contributed by atoms with Crippen LogP contribution < -0.4 is 10.2 Å². The van der Waals surface area contributed by atoms with E-state index < -0.39 is 24.5 Å². The van der Waals surface area contributed by atoms with E-state index in [1.807, 2.05) is 6.92 Å². The first-order valence-corrected chi connectivity index (χ1v) is 12.5. The minimum absolute atomic E-state index is 0.129. The van der Waals surface area contributed by atoms with E-state index in [1.54, 1.807) is 24.3 Å². The quantitative estimate of drug-likeness (QED) is 0.425. The number of hydrogen-bond donors (Lipinski definition) is 1. The minimum atomic E-state index is -0.754. The molecule has 0 spiro atoms. The van der Waals surface area contributed by atoms with E-state index in [9.17, 15) is 24.0 Å². The summed E-state index contributed by atoms with van der Waals surface area (Å²) in [7, 11) is 0. The number of carbonyl (C=O) groups excluding carboxylic acids is 5. The zero-order chi connectivity index (χ0) is 26.5. The lowest BCUT2D eigenvalue weighted by atomic mass is 9.76. The van der Waals surface area contributed by atoms with Crippen LogP contribution in [0.15, 0.2) is 48.5 Å². The third-order valence-electron chi connectivity index (χ3n) is 6.70. The molecule has 2 aromatic carbocycles. The number of nitrogens with zero attached hydrogens (tertiary/aromatic N) is 1. The van der Waals surface area contributed by atoms with Gasteiger partial charge in [0.15, 0.2) is 6.61 Å². The summed E-state index contributed by atoms with van der Waals surface area (Å²) < 4.78 is 10.2. The van der Waals surface area contributed by atoms with E-state index in [0.717, 1.165) is 12.8 Å². The van der Waals surface area contributed by atoms with Gasteiger partial charge in [-0.05, 0) is 74.1 Å². The maximum absolute atomic E-state index is 13.0. The molecule has 0 unspecified atom stereocenters. The molecule has 9 nitrogen and oxygen atoms in total. The molecule has 2 aliphatic rings. The zero-order valence-electron chi connectivity index (χ0n) is 20.9. The van der Waals surface area contributed by atoms with E-state index in [2.05, 4.69) is 12.2 Å². The van der Waals surface area contributed by atoms with E-state index in [1.165, 1.54) is 29.2 Å². The topological polar surface area (TPSA) is 119 Å². The maximum atomic E-state index is 13.0. The lowest BCUT2D eigenvalue weighted by Gasteiger charge is -2.25. The Bertz CT molecular complexity index is 1210. The van der Waals surface area contributed by atoms with Gasteiger partial charge in [0.1, 0.15) is 0 Å². The normalized spacial score (nSPS) is 20.8. The molecule has 1 heterocycles. The summed E-state index contributed by atoms with van der Waals surface area (Å²) in [6.45, 7) is 3.78. The van der Waals surface area contributed by atoms with Crippen molar-refractivity contribution in [1.82, 2.24) is 0 Å². The number of nitrogens with one attached hydrogen (secondary N) is 1. The van der Waals surface area contributed by atoms with Crippen LogP contribution in [0.1, 0.15) is 60.2 Å². The van der Waals surface area contributed by atoms with Crippen molar-refractivity contribution in [2.75, 3.05) is 23.4 Å². The molecule has 194 valence electrons. The van der Waals surface area contributed by atoms with E-state index in [-0.39, 0.29) is 29.2 Å². The number of ether oxygens (including phenoxy) is 2. The fourth-order valence-corrected chi connectivity index (χ4v) is 4.80. The summed E-state index contributed by atoms with van der Waals surface area (Å²) >= 11 is 0. The number of fused-ring (bicyclic) bond motifs is 1. The van der Waals surface area contributed by atoms with Gasteiger partial charge in [0.2, 0.25) is 11.8 Å². The largest absolute Gasteiger partial charge is 0.462 e. The van der Waals surface area contributed by atoms with Gasteiger partial charge in [-0.3, -0.25) is 19.3 Å². The number of anilines is 2. The number of rotatable bonds is 8. The fourth-order valence-electron chi connectivity index (χ4n) is 4.80. The lowest BCUT2D eigenvalue weighted by Crippen LogP contribution is -2.31. The summed E-state index contributed by atoms with van der Waals surface area (Å²) in [4.78, 5) is 63.8. The minimum Gasteiger partial charge on any atom is -0.462 e. The van der Waals surface area contributed by atoms with E-state index in [4.69, 9.17) is 9.47 Å². The molecular formula is C28H30N2O7. The molecule has 0 aromatic heterocycles. The predicted molar refractivity (Wildman–Crippen MR) is 135 cm³/mol. The molecule has 0 radical (unpaired) electrons. The van der Waals surface area contributed by atoms with Gasteiger partial charge in [0, 0.05) is 5.69 Å². The average molecular weight is 507 g/mol. The molecule has 37 heavy (non-hydrogen) atoms. The van der Waals surface area contributed by atoms with E-state index in [0.29, 0.717) is 42.3 Å². The van der Waals surface area contributed by atoms with Gasteiger partial charge in [-0.15, -0.1) is 0 Å². The first-order chi connectivity index (χ1) is 17.8. The van der Waals surface area contributed by atoms with Crippen molar-refractivity contribution in [2.24, 2.45) is 17.8 Å². The first-order valence-electron chi connectivity index (χ1n) is 12.5. The van der Waals surface area contributed by atoms with Crippen molar-refractivity contribution < 1.29 is 33.4 Å². The highest BCUT2D eigenvalue weighted by Crippen LogP contribution is 2.42. The Labute approximate surface area is 215 Å². The van der Waals surface area contributed by atoms with Gasteiger partial charge in [-0.25, -0.2) is 9.59 Å². The Balaban J connectivity index is 1.33. The Hall–Kier alpha value is -4.01. The Morgan fingerprint density at radius 1 is 0.919 bits per heavy atom. The Kier molecular flexibility index (Phi) is 8.01. The molecular weight excluding hydrogens is 476 g/mol. The number of amides is 3. The van der Waals surface area contributed by atoms with Gasteiger partial charge in [0.25, 0.3) is 5.91 Å². The summed E-state index contributed by atoms with van der Waals surface area (Å²) in [6.07, 6.45) is 3.01. The van der Waals surface area contributed by atoms with Crippen LogP contribution in [0.5, 0.6) is 0 Å². The summed E-state index contributed by atoms with van der Waals surface area (Å²) in [6, 6.07) is 12.3. The second-order valence-electron chi connectivity index (χ2n) is 9.53. The molecule has 2 aromatic rings. The van der Waals surface area contributed by atoms with Gasteiger partial charge >= 0.3 is 11.9 Å². The second-order valence-corrected chi connectivity index (χ2v) is 9.53. The number of esters is 2. The zero-order valence-corrected chi connectivity index (χ0v) is 20.9. The van der Waals surface area contributed by atoms with Crippen LogP contribution in [-0.2, 0) is 23.9 Å². The van der Waals surface area contributed by atoms with Crippen LogP contribution in [0.4, 0.5) is 11.4 Å². The van der Waals surface area contributed by atoms with Crippen molar-refractivity contribution in [3.63, 3.8) is 0 Å². The van der Waals surface area contributed by atoms with Crippen LogP contribution in [0.25, 0.3) is 0 Å². The second kappa shape index (κ2) is 11.4. The molecule has 9 heteroatoms. The highest BCUT2D eigenvalue weighted by atomic mass is 16.5. The van der Waals surface area contributed by atoms with Crippen molar-refractivity contribution in [3.8, 4) is 0 Å². The van der Waals surface area contributed by atoms with Crippen LogP contribution in [-0.4, -0.2) is 42.9 Å². The van der Waals surface area contributed by atoms with Crippen molar-refractivity contribution >= 4 is 41.0 Å². The van der Waals surface area contributed by atoms with Gasteiger partial charge in [-0.2, -0.15) is 0 Å². The highest BCUT2D eigenvalue weighted by molar-refractivity contribution is 6.22. The SMILES string of the molecule is CCCOC(=O)c1ccc(NC(=O)COC(=O)c2cccc(N3C(=O)[C@H]4C[C@H](C)CC[C@H]4C3=O)c2)cc1. The van der Waals surface area contributed by atoms with Gasteiger partial charge < -0.3 is 14.8 Å². The van der Waals surface area contributed by atoms with Crippen LogP contribution in [0.2, 0.25) is 0 Å². The molecule has 3 atom stereocenters. The van der Waals surface area contributed by atoms with Crippen LogP contribution in [0.3, 0.4) is 0 Å². The summed E-state index contributed by atoms with van der Waals surface area (Å²) in [5.74, 6) is -2.43. The molecule has 0 bridgehead atoms. The Morgan fingerprint density at radius 2 is 1.62 bits per heavy atom. The maximum Gasteiger partial charge on any atom is 0.338 e. The van der Waals surface area contributed by atoms with Crippen molar-refractivity contribution in [3.05, 3.63) is 59.7 Å². The van der Waals surface area contributed by atoms with Crippen molar-refractivity contribution in [2.45, 2.75) is 39.5 Å². The van der Waals surface area contributed by atoms with E-state index >= 15 is 0 Å². The third kappa shape index (κ3) is 5.87. The summed E-state index contributed by atoms with van der Waals surface area (Å²) in [5.41, 5.74) is 1.25. The standard InChI is InChI=1S/C28H30N2O7/c1-3-13-36-27(34)18-8-10-20(11-9-18)29-24(31)16-37-28(35)19-5-4-6-21(15-19)30-25(32)22-12-7-17(2)14-23(22)26(30)33/h4-6,8-11,15,17,22-23H,3,7,12-14,16H2,1-2H3,(H,29,31)/t17-,22-,23+/m1/s1.